The van der Waals surface area contributed by atoms with Gasteiger partial charge in [-0.05, 0) is 90.6 Å². The van der Waals surface area contributed by atoms with Crippen LogP contribution in [0.4, 0.5) is 4.79 Å². The molecule has 2 fully saturated rings. The fourth-order valence-electron chi connectivity index (χ4n) is 3.56. The fourth-order valence-corrected chi connectivity index (χ4v) is 3.56. The van der Waals surface area contributed by atoms with Gasteiger partial charge >= 0.3 is 20.4 Å². The molecule has 2 aromatic carbocycles. The van der Waals surface area contributed by atoms with E-state index in [0.29, 0.717) is 11.5 Å². The first kappa shape index (κ1) is 24.8. The van der Waals surface area contributed by atoms with Crippen molar-refractivity contribution in [2.45, 2.75) is 77.8 Å². The third-order valence-corrected chi connectivity index (χ3v) is 7.21. The highest BCUT2D eigenvalue weighted by atomic mass is 16.7. The first-order valence-corrected chi connectivity index (χ1v) is 11.5. The minimum absolute atomic E-state index is 0.360. The summed E-state index contributed by atoms with van der Waals surface area (Å²) in [4.78, 5) is 12.3. The summed E-state index contributed by atoms with van der Waals surface area (Å²) < 4.78 is 34.8. The predicted octanol–water partition coefficient (Wildman–Crippen LogP) is 3.86. The average Bonchev–Trinajstić information content (AvgIpc) is 3.08. The smallest absolute Gasteiger partial charge is 0.399 e. The topological polar surface area (TPSA) is 72.5 Å². The first-order chi connectivity index (χ1) is 15.7. The molecule has 2 saturated heterocycles. The van der Waals surface area contributed by atoms with E-state index in [2.05, 4.69) is 0 Å². The quantitative estimate of drug-likeness (QED) is 0.385. The van der Waals surface area contributed by atoms with Gasteiger partial charge in [0.2, 0.25) is 0 Å². The summed E-state index contributed by atoms with van der Waals surface area (Å²) in [7, 11) is -0.956. The SMILES string of the molecule is CC1(C)OB(c2ccc(OC(=O)Oc3ccc(B4OC(C)(C)C(C)(C)O4)cc3)cc2)OC1(C)C. The van der Waals surface area contributed by atoms with E-state index in [1.54, 1.807) is 24.3 Å². The van der Waals surface area contributed by atoms with Crippen LogP contribution < -0.4 is 20.4 Å². The van der Waals surface area contributed by atoms with Crippen LogP contribution in [0.1, 0.15) is 55.4 Å². The van der Waals surface area contributed by atoms with Gasteiger partial charge in [0.15, 0.2) is 0 Å². The van der Waals surface area contributed by atoms with Crippen LogP contribution in [0.15, 0.2) is 48.5 Å². The molecule has 2 aliphatic rings. The van der Waals surface area contributed by atoms with Crippen LogP contribution in [0.25, 0.3) is 0 Å². The van der Waals surface area contributed by atoms with E-state index in [1.807, 2.05) is 79.7 Å². The van der Waals surface area contributed by atoms with Crippen molar-refractivity contribution < 1.29 is 32.9 Å². The van der Waals surface area contributed by atoms with Gasteiger partial charge < -0.3 is 28.1 Å². The molecule has 0 bridgehead atoms. The first-order valence-electron chi connectivity index (χ1n) is 11.5. The van der Waals surface area contributed by atoms with Gasteiger partial charge in [-0.3, -0.25) is 0 Å². The molecule has 2 heterocycles. The number of hydrogen-bond donors (Lipinski definition) is 0. The van der Waals surface area contributed by atoms with Crippen LogP contribution in [-0.4, -0.2) is 42.8 Å². The van der Waals surface area contributed by atoms with Crippen molar-refractivity contribution in [2.24, 2.45) is 0 Å². The summed E-state index contributed by atoms with van der Waals surface area (Å²) >= 11 is 0. The molecule has 34 heavy (non-hydrogen) atoms. The molecular formula is C25H32B2O7. The van der Waals surface area contributed by atoms with E-state index in [9.17, 15) is 4.79 Å². The molecule has 0 amide bonds. The lowest BCUT2D eigenvalue weighted by molar-refractivity contribution is 0.00578. The molecule has 0 atom stereocenters. The van der Waals surface area contributed by atoms with Crippen molar-refractivity contribution in [3.63, 3.8) is 0 Å². The second kappa shape index (κ2) is 8.41. The van der Waals surface area contributed by atoms with Gasteiger partial charge in [-0.1, -0.05) is 24.3 Å². The summed E-state index contributed by atoms with van der Waals surface area (Å²) in [5.41, 5.74) is 0.00208. The Labute approximate surface area is 202 Å². The van der Waals surface area contributed by atoms with Gasteiger partial charge in [0.1, 0.15) is 11.5 Å². The Balaban J connectivity index is 1.33. The zero-order valence-corrected chi connectivity index (χ0v) is 21.1. The number of carbonyl (C=O) groups is 1. The molecular weight excluding hydrogens is 434 g/mol. The highest BCUT2D eigenvalue weighted by Crippen LogP contribution is 2.37. The predicted molar refractivity (Wildman–Crippen MR) is 131 cm³/mol. The molecule has 0 spiro atoms. The average molecular weight is 466 g/mol. The third-order valence-electron chi connectivity index (χ3n) is 7.21. The van der Waals surface area contributed by atoms with E-state index >= 15 is 0 Å². The van der Waals surface area contributed by atoms with Crippen LogP contribution in [0, 0.1) is 0 Å². The lowest BCUT2D eigenvalue weighted by atomic mass is 9.79. The number of carbonyl (C=O) groups excluding carboxylic acids is 1. The number of hydrogen-bond acceptors (Lipinski definition) is 7. The molecule has 0 unspecified atom stereocenters. The minimum atomic E-state index is -0.827. The van der Waals surface area contributed by atoms with Crippen molar-refractivity contribution in [1.29, 1.82) is 0 Å². The molecule has 2 aromatic rings. The zero-order valence-electron chi connectivity index (χ0n) is 21.1. The summed E-state index contributed by atoms with van der Waals surface area (Å²) in [6, 6.07) is 14.0. The third kappa shape index (κ3) is 4.75. The highest BCUT2D eigenvalue weighted by Gasteiger charge is 2.52. The number of ether oxygens (including phenoxy) is 2. The molecule has 2 aliphatic heterocycles. The van der Waals surface area contributed by atoms with Crippen molar-refractivity contribution in [3.05, 3.63) is 48.5 Å². The molecule has 0 N–H and O–H groups in total. The summed E-state index contributed by atoms with van der Waals surface area (Å²) in [5, 5.41) is 0. The van der Waals surface area contributed by atoms with Gasteiger partial charge in [0.05, 0.1) is 22.4 Å². The summed E-state index contributed by atoms with van der Waals surface area (Å²) in [6.45, 7) is 16.0. The van der Waals surface area contributed by atoms with Gasteiger partial charge in [-0.15, -0.1) is 0 Å². The van der Waals surface area contributed by atoms with E-state index < -0.39 is 42.8 Å². The van der Waals surface area contributed by atoms with Crippen LogP contribution in [0.2, 0.25) is 0 Å². The van der Waals surface area contributed by atoms with Crippen molar-refractivity contribution in [2.75, 3.05) is 0 Å². The van der Waals surface area contributed by atoms with Gasteiger partial charge in [0, 0.05) is 0 Å². The van der Waals surface area contributed by atoms with Crippen LogP contribution in [0.5, 0.6) is 11.5 Å². The lowest BCUT2D eigenvalue weighted by Crippen LogP contribution is -2.41. The summed E-state index contributed by atoms with van der Waals surface area (Å²) in [6.07, 6.45) is -0.827. The molecule has 0 radical (unpaired) electrons. The molecule has 7 nitrogen and oxygen atoms in total. The maximum atomic E-state index is 12.3. The van der Waals surface area contributed by atoms with E-state index in [-0.39, 0.29) is 0 Å². The Hall–Kier alpha value is -2.32. The summed E-state index contributed by atoms with van der Waals surface area (Å²) in [5.74, 6) is 0.721. The number of rotatable bonds is 4. The van der Waals surface area contributed by atoms with Gasteiger partial charge in [-0.2, -0.15) is 0 Å². The van der Waals surface area contributed by atoms with Crippen molar-refractivity contribution in [3.8, 4) is 11.5 Å². The Morgan fingerprint density at radius 1 is 0.559 bits per heavy atom. The van der Waals surface area contributed by atoms with E-state index in [0.717, 1.165) is 10.9 Å². The molecule has 4 rings (SSSR count). The fraction of sp³-hybridized carbons (Fsp3) is 0.480. The van der Waals surface area contributed by atoms with E-state index in [1.165, 1.54) is 0 Å². The molecule has 180 valence electrons. The monoisotopic (exact) mass is 466 g/mol. The minimum Gasteiger partial charge on any atom is -0.399 e. The molecule has 9 heteroatoms. The van der Waals surface area contributed by atoms with Crippen molar-refractivity contribution >= 4 is 31.3 Å². The normalized spacial score (nSPS) is 22.0. The number of benzene rings is 2. The van der Waals surface area contributed by atoms with Gasteiger partial charge in [-0.25, -0.2) is 4.79 Å². The Morgan fingerprint density at radius 2 is 0.824 bits per heavy atom. The Morgan fingerprint density at radius 3 is 1.09 bits per heavy atom. The second-order valence-electron chi connectivity index (χ2n) is 10.8. The largest absolute Gasteiger partial charge is 0.519 e. The molecule has 0 aromatic heterocycles. The second-order valence-corrected chi connectivity index (χ2v) is 10.8. The highest BCUT2D eigenvalue weighted by molar-refractivity contribution is 6.62. The lowest BCUT2D eigenvalue weighted by Gasteiger charge is -2.32. The van der Waals surface area contributed by atoms with Gasteiger partial charge in [0.25, 0.3) is 0 Å². The zero-order chi connectivity index (χ0) is 24.9. The maximum Gasteiger partial charge on any atom is 0.519 e. The Bertz CT molecular complexity index is 930. The molecule has 0 saturated carbocycles. The van der Waals surface area contributed by atoms with Crippen LogP contribution in [0.3, 0.4) is 0 Å². The standard InChI is InChI=1S/C25H32B2O7/c1-22(2)23(3,4)32-26(31-22)17-9-13-19(14-10-17)29-21(28)30-20-15-11-18(12-16-20)27-33-24(5,6)25(7,8)34-27/h9-16H,1-8H3. The molecule has 0 aliphatic carbocycles. The van der Waals surface area contributed by atoms with Crippen molar-refractivity contribution in [1.82, 2.24) is 0 Å². The van der Waals surface area contributed by atoms with Crippen LogP contribution >= 0.6 is 0 Å². The van der Waals surface area contributed by atoms with E-state index in [4.69, 9.17) is 28.1 Å². The Kier molecular flexibility index (Phi) is 6.13. The van der Waals surface area contributed by atoms with Crippen LogP contribution in [-0.2, 0) is 18.6 Å². The maximum absolute atomic E-state index is 12.3.